The summed E-state index contributed by atoms with van der Waals surface area (Å²) in [5.74, 6) is 2.98. The molecule has 2 aliphatic carbocycles. The van der Waals surface area contributed by atoms with Crippen molar-refractivity contribution < 1.29 is 29.5 Å². The lowest BCUT2D eigenvalue weighted by atomic mass is 9.63. The number of quaternary nitrogens is 2. The van der Waals surface area contributed by atoms with Crippen molar-refractivity contribution in [2.75, 3.05) is 52.5 Å². The third-order valence-corrected chi connectivity index (χ3v) is 12.3. The fraction of sp³-hybridized carbons (Fsp3) is 0.812. The molecule has 1 aromatic carbocycles. The van der Waals surface area contributed by atoms with E-state index in [4.69, 9.17) is 9.47 Å². The number of rotatable bonds is 10. The van der Waals surface area contributed by atoms with Crippen molar-refractivity contribution >= 4 is 0 Å². The molecular formula is C32H54N2O4+2. The lowest BCUT2D eigenvalue weighted by molar-refractivity contribution is -0.921. The summed E-state index contributed by atoms with van der Waals surface area (Å²) in [4.78, 5) is 3.04. The maximum Gasteiger partial charge on any atom is 0.137 e. The topological polar surface area (TPSA) is 67.8 Å². The Morgan fingerprint density at radius 3 is 1.42 bits per heavy atom. The number of piperidine rings is 2. The average molecular weight is 531 g/mol. The Bertz CT molecular complexity index is 888. The maximum atomic E-state index is 10.7. The zero-order chi connectivity index (χ0) is 27.3. The minimum atomic E-state index is -0.472. The third kappa shape index (κ3) is 5.23. The van der Waals surface area contributed by atoms with Crippen LogP contribution in [-0.4, -0.2) is 74.9 Å². The minimum absolute atomic E-state index is 0.308. The highest BCUT2D eigenvalue weighted by Crippen LogP contribution is 2.57. The third-order valence-electron chi connectivity index (χ3n) is 12.3. The monoisotopic (exact) mass is 530 g/mol. The van der Waals surface area contributed by atoms with Gasteiger partial charge < -0.3 is 29.5 Å². The van der Waals surface area contributed by atoms with Crippen LogP contribution in [0.3, 0.4) is 0 Å². The van der Waals surface area contributed by atoms with E-state index < -0.39 is 12.2 Å². The maximum absolute atomic E-state index is 10.7. The Morgan fingerprint density at radius 1 is 0.711 bits per heavy atom. The van der Waals surface area contributed by atoms with Crippen molar-refractivity contribution in [3.8, 4) is 11.5 Å². The lowest BCUT2D eigenvalue weighted by Crippen LogP contribution is -3.16. The normalized spacial score (nSPS) is 38.5. The zero-order valence-electron chi connectivity index (χ0n) is 24.8. The zero-order valence-corrected chi connectivity index (χ0v) is 24.8. The van der Waals surface area contributed by atoms with E-state index in [1.807, 2.05) is 24.3 Å². The molecule has 6 nitrogen and oxygen atoms in total. The van der Waals surface area contributed by atoms with Gasteiger partial charge in [0.25, 0.3) is 0 Å². The van der Waals surface area contributed by atoms with Crippen LogP contribution in [0.1, 0.15) is 67.2 Å². The van der Waals surface area contributed by atoms with E-state index in [9.17, 15) is 10.2 Å². The van der Waals surface area contributed by atoms with E-state index in [0.717, 1.165) is 62.6 Å². The molecule has 0 aromatic heterocycles. The van der Waals surface area contributed by atoms with Crippen LogP contribution < -0.4 is 19.3 Å². The summed E-state index contributed by atoms with van der Waals surface area (Å²) < 4.78 is 11.8. The summed E-state index contributed by atoms with van der Waals surface area (Å²) in [6, 6.07) is 7.57. The van der Waals surface area contributed by atoms with Gasteiger partial charge in [0.15, 0.2) is 0 Å². The molecule has 4 aliphatic rings. The van der Waals surface area contributed by atoms with Crippen LogP contribution in [-0.2, 0) is 0 Å². The summed E-state index contributed by atoms with van der Waals surface area (Å²) in [5, 5.41) is 21.4. The molecule has 214 valence electrons. The molecule has 1 aromatic rings. The average Bonchev–Trinajstić information content (AvgIpc) is 3.05. The molecule has 0 radical (unpaired) electrons. The smallest absolute Gasteiger partial charge is 0.137 e. The van der Waals surface area contributed by atoms with Crippen molar-refractivity contribution in [3.05, 3.63) is 24.3 Å². The Balaban J connectivity index is 1.02. The molecule has 0 spiro atoms. The second kappa shape index (κ2) is 10.2. The molecule has 2 aliphatic heterocycles. The Labute approximate surface area is 230 Å². The second-order valence-corrected chi connectivity index (χ2v) is 15.1. The van der Waals surface area contributed by atoms with Crippen molar-refractivity contribution in [1.82, 2.24) is 0 Å². The predicted molar refractivity (Wildman–Crippen MR) is 150 cm³/mol. The van der Waals surface area contributed by atoms with E-state index in [1.165, 1.54) is 35.5 Å². The molecule has 4 N–H and O–H groups in total. The Hall–Kier alpha value is -1.34. The molecule has 2 saturated heterocycles. The van der Waals surface area contributed by atoms with Gasteiger partial charge in [0.05, 0.1) is 26.2 Å². The van der Waals surface area contributed by atoms with Gasteiger partial charge in [0, 0.05) is 22.7 Å². The van der Waals surface area contributed by atoms with E-state index in [2.05, 4.69) is 41.5 Å². The number of nitrogens with one attached hydrogen (secondary N) is 2. The molecule has 4 fully saturated rings. The first-order valence-corrected chi connectivity index (χ1v) is 15.2. The molecule has 2 heterocycles. The van der Waals surface area contributed by atoms with E-state index >= 15 is 0 Å². The standard InChI is InChI=1S/C32H52N2O4/c1-29(2)23-11-13-31(29,5)21-33(15-23)17-25(35)19-37-27-7-9-28(10-8-27)38-20-26(36)18-34-16-24-12-14-32(6,22-34)30(24,3)4/h7-10,23-26,35-36H,11-22H2,1-6H3/p+2/t23-,24+,25-,26-,31+,32-/m1/s1. The second-order valence-electron chi connectivity index (χ2n) is 15.1. The van der Waals surface area contributed by atoms with Crippen molar-refractivity contribution in [1.29, 1.82) is 0 Å². The van der Waals surface area contributed by atoms with Gasteiger partial charge in [-0.1, -0.05) is 41.5 Å². The van der Waals surface area contributed by atoms with Gasteiger partial charge >= 0.3 is 0 Å². The van der Waals surface area contributed by atoms with Crippen molar-refractivity contribution in [2.24, 2.45) is 33.5 Å². The summed E-state index contributed by atoms with van der Waals surface area (Å²) in [5.41, 5.74) is 1.56. The molecule has 2 unspecified atom stereocenters. The van der Waals surface area contributed by atoms with Crippen LogP contribution in [0.5, 0.6) is 11.5 Å². The van der Waals surface area contributed by atoms with E-state index in [-0.39, 0.29) is 0 Å². The van der Waals surface area contributed by atoms with Gasteiger partial charge in [-0.05, 0) is 60.8 Å². The van der Waals surface area contributed by atoms with Crippen LogP contribution in [0.4, 0.5) is 0 Å². The highest BCUT2D eigenvalue weighted by molar-refractivity contribution is 5.31. The Morgan fingerprint density at radius 2 is 1.08 bits per heavy atom. The quantitative estimate of drug-likeness (QED) is 0.373. The van der Waals surface area contributed by atoms with Crippen molar-refractivity contribution in [2.45, 2.75) is 79.4 Å². The predicted octanol–water partition coefficient (Wildman–Crippen LogP) is 1.85. The number of hydrogen-bond acceptors (Lipinski definition) is 4. The molecule has 5 rings (SSSR count). The van der Waals surface area contributed by atoms with Gasteiger partial charge in [0.2, 0.25) is 0 Å². The first kappa shape index (κ1) is 28.2. The number of aliphatic hydroxyl groups excluding tert-OH is 2. The number of hydrogen-bond donors (Lipinski definition) is 4. The van der Waals surface area contributed by atoms with Crippen LogP contribution >= 0.6 is 0 Å². The Kier molecular flexibility index (Phi) is 7.60. The largest absolute Gasteiger partial charge is 0.491 e. The minimum Gasteiger partial charge on any atom is -0.491 e. The molecule has 38 heavy (non-hydrogen) atoms. The van der Waals surface area contributed by atoms with Gasteiger partial charge in [-0.15, -0.1) is 0 Å². The van der Waals surface area contributed by atoms with Crippen LogP contribution in [0.2, 0.25) is 0 Å². The highest BCUT2D eigenvalue weighted by atomic mass is 16.5. The van der Waals surface area contributed by atoms with Crippen molar-refractivity contribution in [3.63, 3.8) is 0 Å². The van der Waals surface area contributed by atoms with Gasteiger partial charge in [0.1, 0.15) is 50.0 Å². The molecule has 6 heteroatoms. The fourth-order valence-electron chi connectivity index (χ4n) is 8.74. The van der Waals surface area contributed by atoms with E-state index in [0.29, 0.717) is 34.9 Å². The SMILES string of the molecule is CC1(C)[C@@H]2CC[C@@]1(C)C[NH+](C[C@@H](O)COc1ccc(OC[C@H](O)C[NH+]3C[C@@H]4CC[C@](C)(C3)C4(C)C)cc1)C2. The lowest BCUT2D eigenvalue weighted by Gasteiger charge is -2.48. The van der Waals surface area contributed by atoms with E-state index in [1.54, 1.807) is 0 Å². The highest BCUT2D eigenvalue weighted by Gasteiger charge is 2.58. The summed E-state index contributed by atoms with van der Waals surface area (Å²) in [6.07, 6.45) is 4.32. The molecule has 2 saturated carbocycles. The number of likely N-dealkylation sites (tertiary alicyclic amines) is 2. The summed E-state index contributed by atoms with van der Waals surface area (Å²) in [7, 11) is 0. The molecule has 4 bridgehead atoms. The van der Waals surface area contributed by atoms with Gasteiger partial charge in [-0.3, -0.25) is 0 Å². The number of ether oxygens (including phenoxy) is 2. The molecule has 8 atom stereocenters. The van der Waals surface area contributed by atoms with Crippen LogP contribution in [0.25, 0.3) is 0 Å². The molecule has 0 amide bonds. The van der Waals surface area contributed by atoms with Gasteiger partial charge in [-0.2, -0.15) is 0 Å². The first-order chi connectivity index (χ1) is 17.8. The number of benzene rings is 1. The summed E-state index contributed by atoms with van der Waals surface area (Å²) >= 11 is 0. The van der Waals surface area contributed by atoms with Crippen LogP contribution in [0, 0.1) is 33.5 Å². The number of aliphatic hydroxyl groups is 2. The fourth-order valence-corrected chi connectivity index (χ4v) is 8.74. The number of fused-ring (bicyclic) bond motifs is 4. The van der Waals surface area contributed by atoms with Crippen LogP contribution in [0.15, 0.2) is 24.3 Å². The molecular weight excluding hydrogens is 476 g/mol. The first-order valence-electron chi connectivity index (χ1n) is 15.2. The van der Waals surface area contributed by atoms with Gasteiger partial charge in [-0.25, -0.2) is 0 Å². The summed E-state index contributed by atoms with van der Waals surface area (Å²) in [6.45, 7) is 21.4.